The number of piperidine rings is 1. The number of methoxy groups -OCH3 is 1. The van der Waals surface area contributed by atoms with E-state index >= 15 is 0 Å². The molecule has 10 nitrogen and oxygen atoms in total. The number of hydrogen-bond acceptors (Lipinski definition) is 9. The van der Waals surface area contributed by atoms with E-state index in [0.717, 1.165) is 0 Å². The molecule has 1 amide bonds. The molecule has 0 saturated carbocycles. The van der Waals surface area contributed by atoms with Crippen LogP contribution in [0.4, 0.5) is 15.9 Å². The van der Waals surface area contributed by atoms with Crippen LogP contribution in [0.5, 0.6) is 11.5 Å². The standard InChI is InChI=1S/C26H29Cl2FN4O6S/c1-3-12-40(35,36)38-11-8-23(34)33-9-6-16(7-10-33)39-22-13-17-20(14-21(22)37-2)30-15-31-26(17)32-19-5-4-18(27)24(28)25(19)29/h4-5,13-16H,3,6-12H2,1-2H3,(H,30,31,32). The average molecular weight is 616 g/mol. The summed E-state index contributed by atoms with van der Waals surface area (Å²) in [6.45, 7) is 2.48. The van der Waals surface area contributed by atoms with Gasteiger partial charge in [-0.1, -0.05) is 30.1 Å². The second-order valence-corrected chi connectivity index (χ2v) is 11.7. The van der Waals surface area contributed by atoms with Crippen LogP contribution >= 0.6 is 23.2 Å². The van der Waals surface area contributed by atoms with Gasteiger partial charge in [0.2, 0.25) is 5.91 Å². The van der Waals surface area contributed by atoms with Gasteiger partial charge in [-0.05, 0) is 24.6 Å². The number of carbonyl (C=O) groups excluding carboxylic acids is 1. The van der Waals surface area contributed by atoms with Crippen molar-refractivity contribution >= 4 is 61.6 Å². The number of aromatic nitrogens is 2. The highest BCUT2D eigenvalue weighted by Gasteiger charge is 2.25. The smallest absolute Gasteiger partial charge is 0.267 e. The summed E-state index contributed by atoms with van der Waals surface area (Å²) in [5.41, 5.74) is 0.642. The Bertz CT molecular complexity index is 1490. The second-order valence-electron chi connectivity index (χ2n) is 9.12. The molecule has 40 heavy (non-hydrogen) atoms. The van der Waals surface area contributed by atoms with Crippen LogP contribution in [-0.4, -0.2) is 67.9 Å². The van der Waals surface area contributed by atoms with Crippen molar-refractivity contribution in [2.24, 2.45) is 0 Å². The van der Waals surface area contributed by atoms with Crippen LogP contribution in [0.3, 0.4) is 0 Å². The quantitative estimate of drug-likeness (QED) is 0.225. The Balaban J connectivity index is 1.43. The fraction of sp³-hybridized carbons (Fsp3) is 0.423. The van der Waals surface area contributed by atoms with Crippen LogP contribution in [0.2, 0.25) is 10.0 Å². The SMILES string of the molecule is CCCS(=O)(=O)OCCC(=O)N1CCC(Oc2cc3c(Nc4ccc(Cl)c(Cl)c4F)ncnc3cc2OC)CC1. The molecule has 2 heterocycles. The molecule has 0 spiro atoms. The number of carbonyl (C=O) groups is 1. The van der Waals surface area contributed by atoms with Gasteiger partial charge in [-0.2, -0.15) is 8.42 Å². The number of hydrogen-bond donors (Lipinski definition) is 1. The lowest BCUT2D eigenvalue weighted by atomic mass is 10.1. The zero-order valence-electron chi connectivity index (χ0n) is 22.0. The summed E-state index contributed by atoms with van der Waals surface area (Å²) in [6.07, 6.45) is 2.70. The van der Waals surface area contributed by atoms with Crippen LogP contribution in [0, 0.1) is 5.82 Å². The van der Waals surface area contributed by atoms with Gasteiger partial charge in [-0.3, -0.25) is 8.98 Å². The van der Waals surface area contributed by atoms with E-state index in [2.05, 4.69) is 15.3 Å². The molecular weight excluding hydrogens is 586 g/mol. The monoisotopic (exact) mass is 614 g/mol. The van der Waals surface area contributed by atoms with E-state index in [1.807, 2.05) is 0 Å². The number of nitrogens with one attached hydrogen (secondary N) is 1. The van der Waals surface area contributed by atoms with Crippen LogP contribution in [0.15, 0.2) is 30.6 Å². The third kappa shape index (κ3) is 7.22. The molecule has 0 radical (unpaired) electrons. The lowest BCUT2D eigenvalue weighted by Gasteiger charge is -2.32. The molecule has 3 aromatic rings. The summed E-state index contributed by atoms with van der Waals surface area (Å²) in [7, 11) is -2.08. The van der Waals surface area contributed by atoms with Gasteiger partial charge >= 0.3 is 0 Å². The number of halogens is 3. The minimum atomic E-state index is -3.60. The highest BCUT2D eigenvalue weighted by molar-refractivity contribution is 7.86. The first-order valence-electron chi connectivity index (χ1n) is 12.7. The maximum atomic E-state index is 14.7. The summed E-state index contributed by atoms with van der Waals surface area (Å²) in [4.78, 5) is 22.8. The summed E-state index contributed by atoms with van der Waals surface area (Å²) in [6, 6.07) is 6.37. The lowest BCUT2D eigenvalue weighted by molar-refractivity contribution is -0.133. The number of ether oxygens (including phenoxy) is 2. The predicted octanol–water partition coefficient (Wildman–Crippen LogP) is 5.34. The topological polar surface area (TPSA) is 120 Å². The van der Waals surface area contributed by atoms with Crippen molar-refractivity contribution in [1.29, 1.82) is 0 Å². The van der Waals surface area contributed by atoms with E-state index in [9.17, 15) is 17.6 Å². The molecule has 1 N–H and O–H groups in total. The number of benzene rings is 2. The van der Waals surface area contributed by atoms with Crippen molar-refractivity contribution in [2.75, 3.05) is 37.9 Å². The molecular formula is C26H29Cl2FN4O6S. The number of fused-ring (bicyclic) bond motifs is 1. The largest absolute Gasteiger partial charge is 0.493 e. The summed E-state index contributed by atoms with van der Waals surface area (Å²) in [5.74, 6) is 0.289. The molecule has 1 aromatic heterocycles. The molecule has 216 valence electrons. The lowest BCUT2D eigenvalue weighted by Crippen LogP contribution is -2.42. The van der Waals surface area contributed by atoms with Crippen LogP contribution in [0.25, 0.3) is 10.9 Å². The van der Waals surface area contributed by atoms with E-state index in [1.54, 1.807) is 24.0 Å². The minimum Gasteiger partial charge on any atom is -0.493 e. The maximum Gasteiger partial charge on any atom is 0.267 e. The first-order valence-corrected chi connectivity index (χ1v) is 15.0. The number of amides is 1. The van der Waals surface area contributed by atoms with Crippen LogP contribution in [0.1, 0.15) is 32.6 Å². The molecule has 4 rings (SSSR count). The molecule has 0 bridgehead atoms. The minimum absolute atomic E-state index is 0.0117. The molecule has 14 heteroatoms. The predicted molar refractivity (Wildman–Crippen MR) is 151 cm³/mol. The van der Waals surface area contributed by atoms with Gasteiger partial charge in [0.15, 0.2) is 17.3 Å². The van der Waals surface area contributed by atoms with Gasteiger partial charge in [-0.25, -0.2) is 14.4 Å². The van der Waals surface area contributed by atoms with Gasteiger partial charge < -0.3 is 19.7 Å². The van der Waals surface area contributed by atoms with Crippen molar-refractivity contribution in [3.63, 3.8) is 0 Å². The average Bonchev–Trinajstić information content (AvgIpc) is 2.93. The van der Waals surface area contributed by atoms with Gasteiger partial charge in [0, 0.05) is 37.4 Å². The number of likely N-dealkylation sites (tertiary alicyclic amines) is 1. The zero-order chi connectivity index (χ0) is 28.9. The van der Waals surface area contributed by atoms with E-state index in [4.69, 9.17) is 36.9 Å². The molecule has 1 fully saturated rings. The van der Waals surface area contributed by atoms with Crippen molar-refractivity contribution in [2.45, 2.75) is 38.7 Å². The van der Waals surface area contributed by atoms with Gasteiger partial charge in [0.25, 0.3) is 10.1 Å². The molecule has 1 saturated heterocycles. The Morgan fingerprint density at radius 1 is 1.18 bits per heavy atom. The Morgan fingerprint density at radius 2 is 1.93 bits per heavy atom. The Morgan fingerprint density at radius 3 is 2.62 bits per heavy atom. The summed E-state index contributed by atoms with van der Waals surface area (Å²) < 4.78 is 54.7. The second kappa shape index (κ2) is 13.2. The molecule has 0 atom stereocenters. The van der Waals surface area contributed by atoms with Gasteiger partial charge in [0.1, 0.15) is 18.2 Å². The normalized spacial score (nSPS) is 14.4. The van der Waals surface area contributed by atoms with E-state index < -0.39 is 15.9 Å². The van der Waals surface area contributed by atoms with Crippen molar-refractivity contribution in [3.8, 4) is 11.5 Å². The number of nitrogens with zero attached hydrogens (tertiary/aromatic N) is 3. The fourth-order valence-corrected chi connectivity index (χ4v) is 5.56. The molecule has 1 aliphatic rings. The molecule has 2 aromatic carbocycles. The summed E-state index contributed by atoms with van der Waals surface area (Å²) >= 11 is 11.9. The first-order chi connectivity index (χ1) is 19.1. The van der Waals surface area contributed by atoms with Crippen LogP contribution in [-0.2, 0) is 19.1 Å². The van der Waals surface area contributed by atoms with Crippen molar-refractivity contribution < 1.29 is 31.3 Å². The van der Waals surface area contributed by atoms with E-state index in [-0.39, 0.29) is 46.5 Å². The zero-order valence-corrected chi connectivity index (χ0v) is 24.3. The van der Waals surface area contributed by atoms with Gasteiger partial charge in [-0.15, -0.1) is 0 Å². The Hall–Kier alpha value is -2.93. The van der Waals surface area contributed by atoms with Crippen molar-refractivity contribution in [3.05, 3.63) is 46.5 Å². The highest BCUT2D eigenvalue weighted by Crippen LogP contribution is 2.37. The van der Waals surface area contributed by atoms with Crippen LogP contribution < -0.4 is 14.8 Å². The maximum absolute atomic E-state index is 14.7. The molecule has 1 aliphatic heterocycles. The number of anilines is 2. The van der Waals surface area contributed by atoms with E-state index in [1.165, 1.54) is 25.6 Å². The summed E-state index contributed by atoms with van der Waals surface area (Å²) in [5, 5.41) is 3.41. The van der Waals surface area contributed by atoms with Crippen molar-refractivity contribution in [1.82, 2.24) is 14.9 Å². The Labute approximate surface area is 241 Å². The molecule has 0 aliphatic carbocycles. The Kier molecular flexibility index (Phi) is 9.88. The first kappa shape index (κ1) is 30.0. The third-order valence-corrected chi connectivity index (χ3v) is 8.55. The third-order valence-electron chi connectivity index (χ3n) is 6.33. The molecule has 0 unspecified atom stereocenters. The number of rotatable bonds is 11. The van der Waals surface area contributed by atoms with Gasteiger partial charge in [0.05, 0.1) is 47.1 Å². The fourth-order valence-electron chi connectivity index (χ4n) is 4.29. The van der Waals surface area contributed by atoms with E-state index in [0.29, 0.717) is 60.6 Å². The highest BCUT2D eigenvalue weighted by atomic mass is 35.5.